The fourth-order valence-corrected chi connectivity index (χ4v) is 2.09. The number of rotatable bonds is 2. The van der Waals surface area contributed by atoms with E-state index in [0.717, 1.165) is 5.92 Å². The van der Waals surface area contributed by atoms with Crippen LogP contribution in [0.1, 0.15) is 19.3 Å². The third kappa shape index (κ3) is 1.88. The Kier molecular flexibility index (Phi) is 2.58. The normalized spacial score (nSPS) is 25.8. The predicted molar refractivity (Wildman–Crippen MR) is 55.6 cm³/mol. The van der Waals surface area contributed by atoms with Crippen molar-refractivity contribution in [1.29, 1.82) is 0 Å². The van der Waals surface area contributed by atoms with Gasteiger partial charge in [0.05, 0.1) is 0 Å². The Hall–Kier alpha value is -0.500. The van der Waals surface area contributed by atoms with Crippen LogP contribution in [-0.2, 0) is 0 Å². The number of hydrogen-bond donors (Lipinski definition) is 0. The van der Waals surface area contributed by atoms with Crippen LogP contribution in [0.5, 0.6) is 0 Å². The lowest BCUT2D eigenvalue weighted by molar-refractivity contribution is 0.158. The summed E-state index contributed by atoms with van der Waals surface area (Å²) in [6.07, 6.45) is 4.17. The van der Waals surface area contributed by atoms with Crippen LogP contribution in [0.3, 0.4) is 0 Å². The van der Waals surface area contributed by atoms with Crippen LogP contribution in [-0.4, -0.2) is 43.0 Å². The molecule has 0 bridgehead atoms. The van der Waals surface area contributed by atoms with Crippen LogP contribution >= 0.6 is 0 Å². The average molecular weight is 180 g/mol. The number of hydrogen-bond acceptors (Lipinski definition) is 2. The molecule has 0 unspecified atom stereocenters. The van der Waals surface area contributed by atoms with E-state index in [9.17, 15) is 0 Å². The molecule has 1 saturated heterocycles. The third-order valence-electron chi connectivity index (χ3n) is 3.49. The maximum Gasteiger partial charge on any atom is 0.0303 e. The lowest BCUT2D eigenvalue weighted by Gasteiger charge is -2.40. The van der Waals surface area contributed by atoms with Crippen LogP contribution in [0.2, 0.25) is 0 Å². The van der Waals surface area contributed by atoms with Gasteiger partial charge in [0.1, 0.15) is 0 Å². The van der Waals surface area contributed by atoms with Crippen LogP contribution in [0.25, 0.3) is 0 Å². The van der Waals surface area contributed by atoms with Crippen molar-refractivity contribution in [3.63, 3.8) is 0 Å². The SMILES string of the molecule is C=C(C1CCC1)N1CCN(C)CC1. The van der Waals surface area contributed by atoms with Crippen molar-refractivity contribution in [2.24, 2.45) is 5.92 Å². The lowest BCUT2D eigenvalue weighted by atomic mass is 9.82. The van der Waals surface area contributed by atoms with Gasteiger partial charge in [0, 0.05) is 31.9 Å². The molecule has 0 aromatic carbocycles. The van der Waals surface area contributed by atoms with E-state index in [0.29, 0.717) is 0 Å². The first kappa shape index (κ1) is 9.07. The molecule has 0 spiro atoms. The Balaban J connectivity index is 1.83. The maximum atomic E-state index is 4.23. The molecule has 13 heavy (non-hydrogen) atoms. The van der Waals surface area contributed by atoms with Gasteiger partial charge >= 0.3 is 0 Å². The highest BCUT2D eigenvalue weighted by atomic mass is 15.3. The quantitative estimate of drug-likeness (QED) is 0.636. The van der Waals surface area contributed by atoms with Crippen molar-refractivity contribution < 1.29 is 0 Å². The molecule has 2 heteroatoms. The van der Waals surface area contributed by atoms with E-state index in [4.69, 9.17) is 0 Å². The standard InChI is InChI=1S/C11H20N2/c1-10(11-4-3-5-11)13-8-6-12(2)7-9-13/h11H,1,3-9H2,2H3. The molecule has 2 aliphatic rings. The van der Waals surface area contributed by atoms with Crippen molar-refractivity contribution in [3.8, 4) is 0 Å². The van der Waals surface area contributed by atoms with E-state index >= 15 is 0 Å². The molecule has 0 aromatic heterocycles. The summed E-state index contributed by atoms with van der Waals surface area (Å²) in [6, 6.07) is 0. The minimum atomic E-state index is 0.823. The summed E-state index contributed by atoms with van der Waals surface area (Å²) >= 11 is 0. The summed E-state index contributed by atoms with van der Waals surface area (Å²) in [4.78, 5) is 4.88. The molecule has 0 atom stereocenters. The van der Waals surface area contributed by atoms with Gasteiger partial charge in [0.2, 0.25) is 0 Å². The van der Waals surface area contributed by atoms with Gasteiger partial charge in [0.25, 0.3) is 0 Å². The Morgan fingerprint density at radius 2 is 1.77 bits per heavy atom. The van der Waals surface area contributed by atoms with E-state index in [1.165, 1.54) is 51.1 Å². The van der Waals surface area contributed by atoms with Gasteiger partial charge in [-0.2, -0.15) is 0 Å². The zero-order valence-electron chi connectivity index (χ0n) is 8.63. The Labute approximate surface area is 81.2 Å². The van der Waals surface area contributed by atoms with Crippen molar-refractivity contribution in [1.82, 2.24) is 9.80 Å². The van der Waals surface area contributed by atoms with Crippen LogP contribution in [0, 0.1) is 5.92 Å². The first-order valence-electron chi connectivity index (χ1n) is 5.39. The molecule has 2 nitrogen and oxygen atoms in total. The first-order valence-corrected chi connectivity index (χ1v) is 5.39. The summed E-state index contributed by atoms with van der Waals surface area (Å²) in [5, 5.41) is 0. The molecule has 74 valence electrons. The minimum absolute atomic E-state index is 0.823. The summed E-state index contributed by atoms with van der Waals surface area (Å²) in [5.74, 6) is 0.823. The highest BCUT2D eigenvalue weighted by Gasteiger charge is 2.25. The van der Waals surface area contributed by atoms with E-state index in [-0.39, 0.29) is 0 Å². The molecule has 1 aliphatic heterocycles. The molecule has 1 aliphatic carbocycles. The summed E-state index contributed by atoms with van der Waals surface area (Å²) in [6.45, 7) is 9.01. The minimum Gasteiger partial charge on any atom is -0.373 e. The number of allylic oxidation sites excluding steroid dienone is 1. The monoisotopic (exact) mass is 180 g/mol. The average Bonchev–Trinajstić information content (AvgIpc) is 2.02. The molecule has 0 N–H and O–H groups in total. The zero-order valence-corrected chi connectivity index (χ0v) is 8.63. The Bertz CT molecular complexity index is 188. The molecule has 1 heterocycles. The van der Waals surface area contributed by atoms with E-state index in [1.807, 2.05) is 0 Å². The van der Waals surface area contributed by atoms with Gasteiger partial charge in [0.15, 0.2) is 0 Å². The molecule has 2 rings (SSSR count). The second-order valence-corrected chi connectivity index (χ2v) is 4.41. The van der Waals surface area contributed by atoms with Gasteiger partial charge in [-0.05, 0) is 25.8 Å². The van der Waals surface area contributed by atoms with Crippen LogP contribution in [0.4, 0.5) is 0 Å². The van der Waals surface area contributed by atoms with Crippen LogP contribution < -0.4 is 0 Å². The van der Waals surface area contributed by atoms with Crippen LogP contribution in [0.15, 0.2) is 12.3 Å². The molecule has 0 aromatic rings. The molecular formula is C11H20N2. The van der Waals surface area contributed by atoms with Crippen molar-refractivity contribution in [2.75, 3.05) is 33.2 Å². The van der Waals surface area contributed by atoms with Gasteiger partial charge in [-0.3, -0.25) is 0 Å². The fraction of sp³-hybridized carbons (Fsp3) is 0.818. The highest BCUT2D eigenvalue weighted by Crippen LogP contribution is 2.34. The predicted octanol–water partition coefficient (Wildman–Crippen LogP) is 1.55. The van der Waals surface area contributed by atoms with E-state index in [2.05, 4.69) is 23.4 Å². The van der Waals surface area contributed by atoms with Gasteiger partial charge in [-0.25, -0.2) is 0 Å². The maximum absolute atomic E-state index is 4.23. The molecular weight excluding hydrogens is 160 g/mol. The summed E-state index contributed by atoms with van der Waals surface area (Å²) in [5.41, 5.74) is 1.42. The number of nitrogens with zero attached hydrogens (tertiary/aromatic N) is 2. The van der Waals surface area contributed by atoms with Gasteiger partial charge in [-0.1, -0.05) is 13.0 Å². The second kappa shape index (κ2) is 3.70. The molecule has 0 amide bonds. The Morgan fingerprint density at radius 3 is 2.23 bits per heavy atom. The van der Waals surface area contributed by atoms with E-state index < -0.39 is 0 Å². The molecule has 2 fully saturated rings. The van der Waals surface area contributed by atoms with Crippen molar-refractivity contribution in [3.05, 3.63) is 12.3 Å². The fourth-order valence-electron chi connectivity index (χ4n) is 2.09. The molecule has 0 radical (unpaired) electrons. The molecule has 1 saturated carbocycles. The van der Waals surface area contributed by atoms with Gasteiger partial charge < -0.3 is 9.80 Å². The lowest BCUT2D eigenvalue weighted by Crippen LogP contribution is -2.45. The smallest absolute Gasteiger partial charge is 0.0303 e. The second-order valence-electron chi connectivity index (χ2n) is 4.41. The number of piperazine rings is 1. The van der Waals surface area contributed by atoms with Crippen molar-refractivity contribution >= 4 is 0 Å². The number of likely N-dealkylation sites (N-methyl/N-ethyl adjacent to an activating group) is 1. The summed E-state index contributed by atoms with van der Waals surface area (Å²) in [7, 11) is 2.20. The van der Waals surface area contributed by atoms with Crippen molar-refractivity contribution in [2.45, 2.75) is 19.3 Å². The van der Waals surface area contributed by atoms with Gasteiger partial charge in [-0.15, -0.1) is 0 Å². The largest absolute Gasteiger partial charge is 0.373 e. The summed E-state index contributed by atoms with van der Waals surface area (Å²) < 4.78 is 0. The van der Waals surface area contributed by atoms with E-state index in [1.54, 1.807) is 0 Å². The third-order valence-corrected chi connectivity index (χ3v) is 3.49. The Morgan fingerprint density at radius 1 is 1.15 bits per heavy atom. The topological polar surface area (TPSA) is 6.48 Å². The first-order chi connectivity index (χ1) is 6.27. The zero-order chi connectivity index (χ0) is 9.26. The highest BCUT2D eigenvalue weighted by molar-refractivity contribution is 5.04.